The molecule has 0 fully saturated rings. The first-order chi connectivity index (χ1) is 9.44. The Balaban J connectivity index is 2.11. The quantitative estimate of drug-likeness (QED) is 0.834. The van der Waals surface area contributed by atoms with Crippen molar-refractivity contribution in [2.75, 3.05) is 5.32 Å². The lowest BCUT2D eigenvalue weighted by atomic mass is 10.2. The maximum atomic E-state index is 12.0. The van der Waals surface area contributed by atoms with Crippen LogP contribution in [0.25, 0.3) is 0 Å². The van der Waals surface area contributed by atoms with Crippen molar-refractivity contribution in [3.05, 3.63) is 40.9 Å². The fourth-order valence-corrected chi connectivity index (χ4v) is 1.87. The van der Waals surface area contributed by atoms with Crippen LogP contribution in [0.5, 0.6) is 0 Å². The summed E-state index contributed by atoms with van der Waals surface area (Å²) in [5, 5.41) is 15.3. The molecule has 0 aliphatic rings. The minimum absolute atomic E-state index is 0.233. The Morgan fingerprint density at radius 3 is 2.85 bits per heavy atom. The number of aromatic nitrogens is 3. The molecule has 0 aromatic carbocycles. The van der Waals surface area contributed by atoms with Gasteiger partial charge in [0.15, 0.2) is 0 Å². The number of rotatable bonds is 4. The predicted octanol–water partition coefficient (Wildman–Crippen LogP) is 1.58. The molecule has 20 heavy (non-hydrogen) atoms. The third-order valence-electron chi connectivity index (χ3n) is 2.37. The number of aliphatic carboxylic acids is 1. The third-order valence-corrected chi connectivity index (χ3v) is 2.57. The van der Waals surface area contributed by atoms with E-state index in [9.17, 15) is 9.59 Å². The van der Waals surface area contributed by atoms with Crippen LogP contribution in [0.2, 0.25) is 5.15 Å². The van der Waals surface area contributed by atoms with Crippen molar-refractivity contribution in [3.8, 4) is 0 Å². The zero-order valence-corrected chi connectivity index (χ0v) is 11.3. The second-order valence-electron chi connectivity index (χ2n) is 4.09. The van der Waals surface area contributed by atoms with Gasteiger partial charge < -0.3 is 10.4 Å². The minimum Gasteiger partial charge on any atom is -0.480 e. The van der Waals surface area contributed by atoms with Gasteiger partial charge in [0, 0.05) is 17.5 Å². The second kappa shape index (κ2) is 5.70. The van der Waals surface area contributed by atoms with Crippen LogP contribution in [0.4, 0.5) is 5.69 Å². The highest BCUT2D eigenvalue weighted by molar-refractivity contribution is 6.29. The molecule has 0 atom stereocenters. The van der Waals surface area contributed by atoms with Crippen molar-refractivity contribution >= 4 is 29.2 Å². The summed E-state index contributed by atoms with van der Waals surface area (Å²) < 4.78 is 1.21. The van der Waals surface area contributed by atoms with Crippen molar-refractivity contribution in [2.45, 2.75) is 13.5 Å². The Kier molecular flexibility index (Phi) is 3.99. The molecule has 7 nitrogen and oxygen atoms in total. The minimum atomic E-state index is -1.01. The number of amides is 1. The van der Waals surface area contributed by atoms with E-state index in [1.165, 1.54) is 23.1 Å². The van der Waals surface area contributed by atoms with E-state index in [1.54, 1.807) is 13.0 Å². The molecule has 0 saturated carbocycles. The zero-order chi connectivity index (χ0) is 14.7. The Morgan fingerprint density at radius 1 is 1.45 bits per heavy atom. The number of pyridine rings is 1. The number of halogens is 1. The number of aryl methyl sites for hydroxylation is 1. The lowest BCUT2D eigenvalue weighted by Crippen LogP contribution is -2.12. The highest BCUT2D eigenvalue weighted by Gasteiger charge is 2.10. The number of carbonyl (C=O) groups is 2. The zero-order valence-electron chi connectivity index (χ0n) is 10.5. The van der Waals surface area contributed by atoms with E-state index < -0.39 is 5.97 Å². The van der Waals surface area contributed by atoms with Crippen LogP contribution < -0.4 is 5.32 Å². The standard InChI is InChI=1S/C12H11ClN4O3/c1-7-2-8(3-10(13)15-7)12(20)16-9-4-14-17(5-9)6-11(18)19/h2-5H,6H2,1H3,(H,16,20)(H,18,19). The summed E-state index contributed by atoms with van der Waals surface area (Å²) in [5.41, 5.74) is 1.40. The molecule has 2 aromatic heterocycles. The molecule has 2 heterocycles. The fourth-order valence-electron chi connectivity index (χ4n) is 1.62. The number of nitrogens with one attached hydrogen (secondary N) is 1. The summed E-state index contributed by atoms with van der Waals surface area (Å²) in [7, 11) is 0. The van der Waals surface area contributed by atoms with E-state index in [0.29, 0.717) is 16.9 Å². The lowest BCUT2D eigenvalue weighted by Gasteiger charge is -2.03. The Bertz CT molecular complexity index is 648. The summed E-state index contributed by atoms with van der Waals surface area (Å²) in [6.45, 7) is 1.46. The number of nitrogens with zero attached hydrogens (tertiary/aromatic N) is 3. The second-order valence-corrected chi connectivity index (χ2v) is 4.48. The summed E-state index contributed by atoms with van der Waals surface area (Å²) in [5.74, 6) is -1.38. The average molecular weight is 295 g/mol. The van der Waals surface area contributed by atoms with E-state index in [-0.39, 0.29) is 17.6 Å². The van der Waals surface area contributed by atoms with Crippen LogP contribution in [-0.2, 0) is 11.3 Å². The van der Waals surface area contributed by atoms with Crippen LogP contribution >= 0.6 is 11.6 Å². The number of hydrogen-bond acceptors (Lipinski definition) is 4. The Labute approximate surface area is 119 Å². The molecule has 2 aromatic rings. The van der Waals surface area contributed by atoms with E-state index in [2.05, 4.69) is 15.4 Å². The molecule has 0 aliphatic heterocycles. The van der Waals surface area contributed by atoms with Gasteiger partial charge in [-0.05, 0) is 19.1 Å². The van der Waals surface area contributed by atoms with Gasteiger partial charge in [-0.15, -0.1) is 0 Å². The smallest absolute Gasteiger partial charge is 0.325 e. The van der Waals surface area contributed by atoms with Crippen LogP contribution in [0.1, 0.15) is 16.1 Å². The summed E-state index contributed by atoms with van der Waals surface area (Å²) in [6.07, 6.45) is 2.80. The van der Waals surface area contributed by atoms with E-state index in [1.807, 2.05) is 0 Å². The largest absolute Gasteiger partial charge is 0.480 e. The molecule has 0 bridgehead atoms. The molecule has 0 spiro atoms. The molecule has 0 unspecified atom stereocenters. The highest BCUT2D eigenvalue weighted by atomic mass is 35.5. The average Bonchev–Trinajstić information content (AvgIpc) is 2.74. The summed E-state index contributed by atoms with van der Waals surface area (Å²) >= 11 is 5.79. The molecule has 104 valence electrons. The van der Waals surface area contributed by atoms with Crippen LogP contribution in [0.15, 0.2) is 24.5 Å². The number of hydrogen-bond donors (Lipinski definition) is 2. The fraction of sp³-hybridized carbons (Fsp3) is 0.167. The number of carboxylic acids is 1. The van der Waals surface area contributed by atoms with Gasteiger partial charge in [-0.1, -0.05) is 11.6 Å². The van der Waals surface area contributed by atoms with Gasteiger partial charge >= 0.3 is 5.97 Å². The topological polar surface area (TPSA) is 97.1 Å². The van der Waals surface area contributed by atoms with Crippen molar-refractivity contribution in [1.82, 2.24) is 14.8 Å². The van der Waals surface area contributed by atoms with Crippen molar-refractivity contribution in [2.24, 2.45) is 0 Å². The first-order valence-electron chi connectivity index (χ1n) is 5.64. The normalized spacial score (nSPS) is 10.3. The summed E-state index contributed by atoms with van der Waals surface area (Å²) in [6, 6.07) is 3.05. The lowest BCUT2D eigenvalue weighted by molar-refractivity contribution is -0.137. The van der Waals surface area contributed by atoms with E-state index >= 15 is 0 Å². The first kappa shape index (κ1) is 14.0. The third kappa shape index (κ3) is 3.55. The molecule has 0 aliphatic carbocycles. The van der Waals surface area contributed by atoms with Crippen LogP contribution in [0.3, 0.4) is 0 Å². The van der Waals surface area contributed by atoms with Gasteiger partial charge in [0.2, 0.25) is 0 Å². The molecule has 8 heteroatoms. The number of carboxylic acid groups (broad SMARTS) is 1. The van der Waals surface area contributed by atoms with E-state index in [4.69, 9.17) is 16.7 Å². The van der Waals surface area contributed by atoms with Crippen molar-refractivity contribution < 1.29 is 14.7 Å². The van der Waals surface area contributed by atoms with Gasteiger partial charge in [0.25, 0.3) is 5.91 Å². The Hall–Kier alpha value is -2.41. The number of anilines is 1. The Morgan fingerprint density at radius 2 is 2.20 bits per heavy atom. The van der Waals surface area contributed by atoms with Gasteiger partial charge in [0.05, 0.1) is 11.9 Å². The van der Waals surface area contributed by atoms with Crippen LogP contribution in [0, 0.1) is 6.92 Å². The van der Waals surface area contributed by atoms with Gasteiger partial charge in [-0.3, -0.25) is 14.3 Å². The monoisotopic (exact) mass is 294 g/mol. The predicted molar refractivity (Wildman–Crippen MR) is 71.8 cm³/mol. The van der Waals surface area contributed by atoms with Gasteiger partial charge in [-0.2, -0.15) is 5.10 Å². The van der Waals surface area contributed by atoms with Crippen LogP contribution in [-0.4, -0.2) is 31.7 Å². The first-order valence-corrected chi connectivity index (χ1v) is 6.01. The highest BCUT2D eigenvalue weighted by Crippen LogP contribution is 2.13. The molecule has 2 N–H and O–H groups in total. The van der Waals surface area contributed by atoms with E-state index in [0.717, 1.165) is 0 Å². The molecule has 0 saturated heterocycles. The molecular formula is C12H11ClN4O3. The molecule has 2 rings (SSSR count). The molecule has 1 amide bonds. The van der Waals surface area contributed by atoms with Gasteiger partial charge in [0.1, 0.15) is 11.7 Å². The van der Waals surface area contributed by atoms with Crippen molar-refractivity contribution in [1.29, 1.82) is 0 Å². The number of carbonyl (C=O) groups excluding carboxylic acids is 1. The van der Waals surface area contributed by atoms with Gasteiger partial charge in [-0.25, -0.2) is 4.98 Å². The maximum Gasteiger partial charge on any atom is 0.325 e. The SMILES string of the molecule is Cc1cc(C(=O)Nc2cnn(CC(=O)O)c2)cc(Cl)n1. The van der Waals surface area contributed by atoms with Crippen molar-refractivity contribution in [3.63, 3.8) is 0 Å². The maximum absolute atomic E-state index is 12.0. The molecular weight excluding hydrogens is 284 g/mol. The molecule has 0 radical (unpaired) electrons. The summed E-state index contributed by atoms with van der Waals surface area (Å²) in [4.78, 5) is 26.5.